The number of nitrogens with one attached hydrogen (secondary N) is 1. The van der Waals surface area contributed by atoms with Crippen molar-refractivity contribution >= 4 is 17.6 Å². The summed E-state index contributed by atoms with van der Waals surface area (Å²) in [5, 5.41) is 3.09. The lowest BCUT2D eigenvalue weighted by atomic mass is 9.88. The van der Waals surface area contributed by atoms with Crippen molar-refractivity contribution in [2.24, 2.45) is 0 Å². The van der Waals surface area contributed by atoms with Crippen LogP contribution in [0.5, 0.6) is 0 Å². The highest BCUT2D eigenvalue weighted by Gasteiger charge is 2.32. The molecule has 6 heteroatoms. The largest absolute Gasteiger partial charge is 0.416 e. The summed E-state index contributed by atoms with van der Waals surface area (Å²) in [5.74, 6) is 0.304. The van der Waals surface area contributed by atoms with Gasteiger partial charge in [0.2, 0.25) is 0 Å². The molecular formula is C14H19F3N2S. The van der Waals surface area contributed by atoms with Gasteiger partial charge in [0.1, 0.15) is 5.82 Å². The van der Waals surface area contributed by atoms with E-state index in [0.29, 0.717) is 12.4 Å². The van der Waals surface area contributed by atoms with Gasteiger partial charge < -0.3 is 5.32 Å². The van der Waals surface area contributed by atoms with Crippen molar-refractivity contribution in [3.63, 3.8) is 0 Å². The average Bonchev–Trinajstić information content (AvgIpc) is 2.46. The van der Waals surface area contributed by atoms with Crippen molar-refractivity contribution < 1.29 is 13.2 Å². The Morgan fingerprint density at radius 2 is 2.00 bits per heavy atom. The minimum absolute atomic E-state index is 0.133. The molecular weight excluding hydrogens is 285 g/mol. The Kier molecular flexibility index (Phi) is 4.83. The van der Waals surface area contributed by atoms with E-state index in [9.17, 15) is 13.2 Å². The standard InChI is InChI=1S/C14H19F3N2S/c1-20-13(6-3-2-4-7-13)10-19-12-9-11(5-8-18-12)14(15,16)17/h5,8-9H,2-4,6-7,10H2,1H3,(H,18,19). The van der Waals surface area contributed by atoms with E-state index in [-0.39, 0.29) is 4.75 Å². The molecule has 1 aromatic rings. The monoisotopic (exact) mass is 304 g/mol. The minimum Gasteiger partial charge on any atom is -0.369 e. The van der Waals surface area contributed by atoms with Crippen LogP contribution in [0.2, 0.25) is 0 Å². The first kappa shape index (κ1) is 15.5. The van der Waals surface area contributed by atoms with Crippen LogP contribution in [0.1, 0.15) is 37.7 Å². The van der Waals surface area contributed by atoms with Crippen LogP contribution in [0.3, 0.4) is 0 Å². The summed E-state index contributed by atoms with van der Waals surface area (Å²) in [7, 11) is 0. The number of thioether (sulfide) groups is 1. The molecule has 1 aromatic heterocycles. The third-order valence-corrected chi connectivity index (χ3v) is 5.30. The van der Waals surface area contributed by atoms with Crippen LogP contribution in [0.15, 0.2) is 18.3 Å². The Hall–Kier alpha value is -0.910. The number of halogens is 3. The predicted octanol–water partition coefficient (Wildman–Crippen LogP) is 4.58. The summed E-state index contributed by atoms with van der Waals surface area (Å²) in [6, 6.07) is 2.08. The van der Waals surface area contributed by atoms with E-state index in [0.717, 1.165) is 25.0 Å². The van der Waals surface area contributed by atoms with Crippen LogP contribution < -0.4 is 5.32 Å². The molecule has 112 valence electrons. The van der Waals surface area contributed by atoms with Gasteiger partial charge in [-0.2, -0.15) is 24.9 Å². The van der Waals surface area contributed by atoms with Crippen LogP contribution in [-0.4, -0.2) is 22.5 Å². The van der Waals surface area contributed by atoms with Gasteiger partial charge in [-0.15, -0.1) is 0 Å². The molecule has 2 nitrogen and oxygen atoms in total. The number of alkyl halides is 3. The van der Waals surface area contributed by atoms with Gasteiger partial charge in [0.05, 0.1) is 5.56 Å². The van der Waals surface area contributed by atoms with Gasteiger partial charge in [0.25, 0.3) is 0 Å². The summed E-state index contributed by atoms with van der Waals surface area (Å²) in [6.07, 6.45) is 4.83. The second kappa shape index (κ2) is 6.24. The van der Waals surface area contributed by atoms with Crippen LogP contribution in [0.25, 0.3) is 0 Å². The van der Waals surface area contributed by atoms with E-state index < -0.39 is 11.7 Å². The first-order valence-electron chi connectivity index (χ1n) is 6.77. The lowest BCUT2D eigenvalue weighted by molar-refractivity contribution is -0.137. The fourth-order valence-corrected chi connectivity index (χ4v) is 3.52. The van der Waals surface area contributed by atoms with Crippen molar-refractivity contribution in [1.29, 1.82) is 0 Å². The van der Waals surface area contributed by atoms with Crippen molar-refractivity contribution in [3.8, 4) is 0 Å². The predicted molar refractivity (Wildman–Crippen MR) is 77.1 cm³/mol. The summed E-state index contributed by atoms with van der Waals surface area (Å²) in [4.78, 5) is 3.98. The molecule has 0 spiro atoms. The molecule has 0 aliphatic heterocycles. The maximum absolute atomic E-state index is 12.6. The normalized spacial score (nSPS) is 18.8. The topological polar surface area (TPSA) is 24.9 Å². The third-order valence-electron chi connectivity index (χ3n) is 3.88. The molecule has 0 atom stereocenters. The van der Waals surface area contributed by atoms with Gasteiger partial charge in [0.15, 0.2) is 0 Å². The van der Waals surface area contributed by atoms with E-state index in [4.69, 9.17) is 0 Å². The zero-order chi connectivity index (χ0) is 14.6. The lowest BCUT2D eigenvalue weighted by Crippen LogP contribution is -2.35. The zero-order valence-electron chi connectivity index (χ0n) is 11.5. The molecule has 1 heterocycles. The molecule has 1 aliphatic carbocycles. The van der Waals surface area contributed by atoms with Crippen molar-refractivity contribution in [2.45, 2.75) is 43.0 Å². The quantitative estimate of drug-likeness (QED) is 0.881. The van der Waals surface area contributed by atoms with Gasteiger partial charge in [-0.1, -0.05) is 19.3 Å². The molecule has 2 rings (SSSR count). The van der Waals surface area contributed by atoms with Crippen LogP contribution in [0.4, 0.5) is 19.0 Å². The number of aromatic nitrogens is 1. The Morgan fingerprint density at radius 3 is 2.60 bits per heavy atom. The molecule has 0 amide bonds. The maximum Gasteiger partial charge on any atom is 0.416 e. The van der Waals surface area contributed by atoms with Crippen LogP contribution in [0, 0.1) is 0 Å². The minimum atomic E-state index is -4.32. The molecule has 1 N–H and O–H groups in total. The van der Waals surface area contributed by atoms with Gasteiger partial charge in [0, 0.05) is 17.5 Å². The van der Waals surface area contributed by atoms with Gasteiger partial charge >= 0.3 is 6.18 Å². The molecule has 1 saturated carbocycles. The summed E-state index contributed by atoms with van der Waals surface area (Å²) in [5.41, 5.74) is -0.656. The maximum atomic E-state index is 12.6. The fourth-order valence-electron chi connectivity index (χ4n) is 2.60. The second-order valence-electron chi connectivity index (χ2n) is 5.23. The Labute approximate surface area is 121 Å². The average molecular weight is 304 g/mol. The first-order chi connectivity index (χ1) is 9.45. The van der Waals surface area contributed by atoms with E-state index in [1.165, 1.54) is 25.5 Å². The van der Waals surface area contributed by atoms with Gasteiger partial charge in [-0.3, -0.25) is 0 Å². The van der Waals surface area contributed by atoms with Crippen LogP contribution in [-0.2, 0) is 6.18 Å². The number of pyridine rings is 1. The molecule has 0 unspecified atom stereocenters. The highest BCUT2D eigenvalue weighted by Crippen LogP contribution is 2.38. The number of hydrogen-bond acceptors (Lipinski definition) is 3. The Balaban J connectivity index is 2.03. The van der Waals surface area contributed by atoms with Gasteiger partial charge in [-0.25, -0.2) is 4.98 Å². The number of rotatable bonds is 4. The third kappa shape index (κ3) is 3.81. The highest BCUT2D eigenvalue weighted by atomic mass is 32.2. The summed E-state index contributed by atoms with van der Waals surface area (Å²) < 4.78 is 38.1. The molecule has 0 saturated heterocycles. The van der Waals surface area contributed by atoms with E-state index in [1.54, 1.807) is 0 Å². The van der Waals surface area contributed by atoms with Crippen LogP contribution >= 0.6 is 11.8 Å². The molecule has 1 fully saturated rings. The summed E-state index contributed by atoms with van der Waals surface area (Å²) >= 11 is 1.81. The molecule has 0 bridgehead atoms. The zero-order valence-corrected chi connectivity index (χ0v) is 12.3. The molecule has 0 radical (unpaired) electrons. The second-order valence-corrected chi connectivity index (χ2v) is 6.50. The number of anilines is 1. The highest BCUT2D eigenvalue weighted by molar-refractivity contribution is 8.00. The van der Waals surface area contributed by atoms with Crippen molar-refractivity contribution in [3.05, 3.63) is 23.9 Å². The smallest absolute Gasteiger partial charge is 0.369 e. The Morgan fingerprint density at radius 1 is 1.30 bits per heavy atom. The molecule has 20 heavy (non-hydrogen) atoms. The number of hydrogen-bond donors (Lipinski definition) is 1. The first-order valence-corrected chi connectivity index (χ1v) is 8.00. The van der Waals surface area contributed by atoms with Crippen molar-refractivity contribution in [2.75, 3.05) is 18.1 Å². The van der Waals surface area contributed by atoms with E-state index in [1.807, 2.05) is 11.8 Å². The lowest BCUT2D eigenvalue weighted by Gasteiger charge is -2.36. The Bertz CT molecular complexity index is 442. The SMILES string of the molecule is CSC1(CNc2cc(C(F)(F)F)ccn2)CCCCC1. The van der Waals surface area contributed by atoms with Crippen molar-refractivity contribution in [1.82, 2.24) is 4.98 Å². The fraction of sp³-hybridized carbons (Fsp3) is 0.643. The molecule has 1 aliphatic rings. The van der Waals surface area contributed by atoms with Gasteiger partial charge in [-0.05, 0) is 31.2 Å². The summed E-state index contributed by atoms with van der Waals surface area (Å²) in [6.45, 7) is 0.669. The molecule has 0 aromatic carbocycles. The van der Waals surface area contributed by atoms with E-state index in [2.05, 4.69) is 16.6 Å². The number of nitrogens with zero attached hydrogens (tertiary/aromatic N) is 1. The van der Waals surface area contributed by atoms with E-state index >= 15 is 0 Å².